The molecule has 1 aliphatic heterocycles. The van der Waals surface area contributed by atoms with Crippen molar-refractivity contribution < 1.29 is 27.2 Å². The third-order valence-electron chi connectivity index (χ3n) is 4.90. The third-order valence-corrected chi connectivity index (χ3v) is 6.21. The predicted molar refractivity (Wildman–Crippen MR) is 106 cm³/mol. The summed E-state index contributed by atoms with van der Waals surface area (Å²) in [4.78, 5) is 1.98. The number of aliphatic hydroxyl groups excluding tert-OH is 1. The average molecular weight is 427 g/mol. The van der Waals surface area contributed by atoms with Gasteiger partial charge in [-0.2, -0.15) is 4.31 Å². The predicted octanol–water partition coefficient (Wildman–Crippen LogP) is 1.41. The van der Waals surface area contributed by atoms with Crippen LogP contribution in [0.25, 0.3) is 11.1 Å². The number of halogens is 1. The fourth-order valence-corrected chi connectivity index (χ4v) is 4.30. The van der Waals surface area contributed by atoms with E-state index < -0.39 is 21.9 Å². The molecule has 1 fully saturated rings. The van der Waals surface area contributed by atoms with Gasteiger partial charge in [-0.05, 0) is 31.5 Å². The van der Waals surface area contributed by atoms with E-state index in [1.54, 1.807) is 19.9 Å². The number of aromatic nitrogens is 1. The van der Waals surface area contributed by atoms with Gasteiger partial charge in [-0.1, -0.05) is 5.16 Å². The van der Waals surface area contributed by atoms with Crippen LogP contribution in [0.1, 0.15) is 11.5 Å². The summed E-state index contributed by atoms with van der Waals surface area (Å²) in [7, 11) is -3.18. The van der Waals surface area contributed by atoms with Gasteiger partial charge in [-0.25, -0.2) is 12.8 Å². The Bertz CT molecular complexity index is 935. The van der Waals surface area contributed by atoms with E-state index in [4.69, 9.17) is 9.26 Å². The molecule has 1 atom stereocenters. The number of hydrogen-bond donors (Lipinski definition) is 1. The summed E-state index contributed by atoms with van der Waals surface area (Å²) in [5.41, 5.74) is 1.98. The second-order valence-corrected chi connectivity index (χ2v) is 9.28. The first-order valence-electron chi connectivity index (χ1n) is 9.35. The Hall–Kier alpha value is -2.01. The minimum atomic E-state index is -3.18. The Morgan fingerprint density at radius 1 is 1.24 bits per heavy atom. The molecule has 1 N–H and O–H groups in total. The van der Waals surface area contributed by atoms with Crippen LogP contribution in [0.4, 0.5) is 4.39 Å². The number of rotatable bonds is 7. The van der Waals surface area contributed by atoms with E-state index in [0.29, 0.717) is 55.5 Å². The summed E-state index contributed by atoms with van der Waals surface area (Å²) >= 11 is 0. The zero-order valence-electron chi connectivity index (χ0n) is 16.8. The monoisotopic (exact) mass is 427 g/mol. The molecule has 0 spiro atoms. The minimum absolute atomic E-state index is 0.00319. The summed E-state index contributed by atoms with van der Waals surface area (Å²) in [5, 5.41) is 14.2. The molecule has 1 aromatic heterocycles. The molecule has 3 rings (SSSR count). The maximum atomic E-state index is 14.1. The molecule has 1 aromatic carbocycles. The molecule has 8 nitrogen and oxygen atoms in total. The summed E-state index contributed by atoms with van der Waals surface area (Å²) in [6.45, 7) is 5.77. The van der Waals surface area contributed by atoms with Crippen molar-refractivity contribution in [2.45, 2.75) is 20.0 Å². The highest BCUT2D eigenvalue weighted by Gasteiger charge is 2.24. The molecule has 10 heteroatoms. The molecule has 2 heterocycles. The quantitative estimate of drug-likeness (QED) is 0.714. The second kappa shape index (κ2) is 8.78. The minimum Gasteiger partial charge on any atom is -0.491 e. The average Bonchev–Trinajstić information content (AvgIpc) is 2.98. The van der Waals surface area contributed by atoms with Crippen LogP contribution in [0.5, 0.6) is 5.75 Å². The lowest BCUT2D eigenvalue weighted by Gasteiger charge is -2.34. The maximum absolute atomic E-state index is 14.1. The molecule has 1 saturated heterocycles. The van der Waals surface area contributed by atoms with Crippen molar-refractivity contribution in [3.8, 4) is 16.9 Å². The van der Waals surface area contributed by atoms with Crippen LogP contribution in [0.15, 0.2) is 22.7 Å². The first-order valence-corrected chi connectivity index (χ1v) is 11.2. The van der Waals surface area contributed by atoms with Crippen LogP contribution in [0.3, 0.4) is 0 Å². The lowest BCUT2D eigenvalue weighted by molar-refractivity contribution is 0.0569. The highest BCUT2D eigenvalue weighted by molar-refractivity contribution is 7.88. The van der Waals surface area contributed by atoms with E-state index in [1.165, 1.54) is 22.7 Å². The molecular formula is C19H26FN3O5S. The van der Waals surface area contributed by atoms with Gasteiger partial charge in [0.2, 0.25) is 10.0 Å². The number of nitrogens with zero attached hydrogens (tertiary/aromatic N) is 3. The number of β-amino-alcohol motifs (C(OH)–C–C–N with tert-alkyl or cyclic N) is 1. The molecule has 29 heavy (non-hydrogen) atoms. The normalized spacial score (nSPS) is 17.4. The first kappa shape index (κ1) is 21.7. The highest BCUT2D eigenvalue weighted by atomic mass is 32.2. The van der Waals surface area contributed by atoms with Gasteiger partial charge in [-0.15, -0.1) is 0 Å². The Labute approximate surface area is 169 Å². The Kier molecular flexibility index (Phi) is 6.57. The molecule has 0 saturated carbocycles. The van der Waals surface area contributed by atoms with E-state index >= 15 is 0 Å². The van der Waals surface area contributed by atoms with Gasteiger partial charge in [0.1, 0.15) is 30.0 Å². The van der Waals surface area contributed by atoms with Gasteiger partial charge in [-0.3, -0.25) is 4.90 Å². The Morgan fingerprint density at radius 2 is 1.93 bits per heavy atom. The SMILES string of the molecule is Cc1noc(C)c1-c1cc(F)cc(OCC(O)CN2CCN(S(C)(=O)=O)CC2)c1. The van der Waals surface area contributed by atoms with Crippen LogP contribution >= 0.6 is 0 Å². The summed E-state index contributed by atoms with van der Waals surface area (Å²) in [6.07, 6.45) is 0.409. The summed E-state index contributed by atoms with van der Waals surface area (Å²) in [6, 6.07) is 4.34. The standard InChI is InChI=1S/C19H26FN3O5S/c1-13-19(14(2)28-21-13)15-8-16(20)10-18(9-15)27-12-17(24)11-22-4-6-23(7-5-22)29(3,25)26/h8-10,17,24H,4-7,11-12H2,1-3H3. The van der Waals surface area contributed by atoms with Crippen molar-refractivity contribution in [2.75, 3.05) is 45.6 Å². The van der Waals surface area contributed by atoms with E-state index in [1.807, 2.05) is 4.90 Å². The number of aryl methyl sites for hydroxylation is 2. The van der Waals surface area contributed by atoms with Crippen molar-refractivity contribution in [1.29, 1.82) is 0 Å². The molecular weight excluding hydrogens is 401 g/mol. The van der Waals surface area contributed by atoms with Gasteiger partial charge in [0, 0.05) is 44.4 Å². The molecule has 160 valence electrons. The number of hydrogen-bond acceptors (Lipinski definition) is 7. The number of benzene rings is 1. The van der Waals surface area contributed by atoms with Gasteiger partial charge in [0.25, 0.3) is 0 Å². The van der Waals surface area contributed by atoms with Crippen molar-refractivity contribution in [3.05, 3.63) is 35.5 Å². The highest BCUT2D eigenvalue weighted by Crippen LogP contribution is 2.30. The molecule has 0 amide bonds. The van der Waals surface area contributed by atoms with E-state index in [2.05, 4.69) is 5.16 Å². The number of aliphatic hydroxyl groups is 1. The number of piperazine rings is 1. The van der Waals surface area contributed by atoms with Crippen molar-refractivity contribution >= 4 is 10.0 Å². The maximum Gasteiger partial charge on any atom is 0.211 e. The lowest BCUT2D eigenvalue weighted by Crippen LogP contribution is -2.50. The number of ether oxygens (including phenoxy) is 1. The third kappa shape index (κ3) is 5.53. The van der Waals surface area contributed by atoms with Crippen LogP contribution in [-0.2, 0) is 10.0 Å². The van der Waals surface area contributed by atoms with E-state index in [9.17, 15) is 17.9 Å². The molecule has 0 aliphatic carbocycles. The van der Waals surface area contributed by atoms with E-state index in [-0.39, 0.29) is 6.61 Å². The first-order chi connectivity index (χ1) is 13.6. The molecule has 1 aliphatic rings. The fourth-order valence-electron chi connectivity index (χ4n) is 3.47. The fraction of sp³-hybridized carbons (Fsp3) is 0.526. The van der Waals surface area contributed by atoms with Crippen LogP contribution in [0, 0.1) is 19.7 Å². The van der Waals surface area contributed by atoms with Gasteiger partial charge < -0.3 is 14.4 Å². The van der Waals surface area contributed by atoms with E-state index in [0.717, 1.165) is 5.56 Å². The molecule has 1 unspecified atom stereocenters. The molecule has 0 bridgehead atoms. The topological polar surface area (TPSA) is 96.1 Å². The van der Waals surface area contributed by atoms with Crippen molar-refractivity contribution in [1.82, 2.24) is 14.4 Å². The van der Waals surface area contributed by atoms with Crippen LogP contribution < -0.4 is 4.74 Å². The Balaban J connectivity index is 1.56. The Morgan fingerprint density at radius 3 is 2.52 bits per heavy atom. The zero-order chi connectivity index (χ0) is 21.2. The zero-order valence-corrected chi connectivity index (χ0v) is 17.6. The summed E-state index contributed by atoms with van der Waals surface area (Å²) < 4.78 is 49.3. The molecule has 0 radical (unpaired) electrons. The molecule has 2 aromatic rings. The summed E-state index contributed by atoms with van der Waals surface area (Å²) in [5.74, 6) is 0.442. The smallest absolute Gasteiger partial charge is 0.211 e. The van der Waals surface area contributed by atoms with Gasteiger partial charge in [0.05, 0.1) is 11.9 Å². The van der Waals surface area contributed by atoms with Crippen LogP contribution in [0.2, 0.25) is 0 Å². The van der Waals surface area contributed by atoms with Crippen molar-refractivity contribution in [3.63, 3.8) is 0 Å². The van der Waals surface area contributed by atoms with Crippen LogP contribution in [-0.4, -0.2) is 79.6 Å². The lowest BCUT2D eigenvalue weighted by atomic mass is 10.0. The van der Waals surface area contributed by atoms with Crippen molar-refractivity contribution in [2.24, 2.45) is 0 Å². The largest absolute Gasteiger partial charge is 0.491 e. The number of sulfonamides is 1. The second-order valence-electron chi connectivity index (χ2n) is 7.30. The van der Waals surface area contributed by atoms with Gasteiger partial charge in [0.15, 0.2) is 0 Å². The van der Waals surface area contributed by atoms with Gasteiger partial charge >= 0.3 is 0 Å².